The van der Waals surface area contributed by atoms with Gasteiger partial charge in [0, 0.05) is 6.07 Å². The van der Waals surface area contributed by atoms with Gasteiger partial charge in [-0.3, -0.25) is 9.69 Å². The summed E-state index contributed by atoms with van der Waals surface area (Å²) in [5, 5.41) is 3.21. The van der Waals surface area contributed by atoms with Crippen molar-refractivity contribution in [3.8, 4) is 5.75 Å². The molecule has 1 aliphatic rings. The van der Waals surface area contributed by atoms with Gasteiger partial charge in [0.05, 0.1) is 13.7 Å². The van der Waals surface area contributed by atoms with E-state index in [1.54, 1.807) is 0 Å². The maximum Gasteiger partial charge on any atom is 0.227 e. The normalized spacial score (nSPS) is 17.3. The molecule has 1 aliphatic heterocycles. The summed E-state index contributed by atoms with van der Waals surface area (Å²) in [6.07, 6.45) is 5.10. The van der Waals surface area contributed by atoms with Crippen molar-refractivity contribution in [2.75, 3.05) is 33.8 Å². The zero-order valence-corrected chi connectivity index (χ0v) is 12.4. The first-order valence-electron chi connectivity index (χ1n) is 7.25. The zero-order chi connectivity index (χ0) is 14.4. The van der Waals surface area contributed by atoms with Gasteiger partial charge >= 0.3 is 0 Å². The van der Waals surface area contributed by atoms with Gasteiger partial charge in [-0.2, -0.15) is 0 Å². The molecule has 0 amide bonds. The summed E-state index contributed by atoms with van der Waals surface area (Å²) >= 11 is 0. The smallest absolute Gasteiger partial charge is 0.227 e. The van der Waals surface area contributed by atoms with Gasteiger partial charge in [0.15, 0.2) is 0 Å². The number of piperidine rings is 1. The highest BCUT2D eigenvalue weighted by Crippen LogP contribution is 2.21. The van der Waals surface area contributed by atoms with Crippen molar-refractivity contribution < 1.29 is 9.15 Å². The van der Waals surface area contributed by atoms with Crippen LogP contribution in [0.2, 0.25) is 0 Å². The van der Waals surface area contributed by atoms with Crippen molar-refractivity contribution in [1.82, 2.24) is 10.2 Å². The lowest BCUT2D eigenvalue weighted by molar-refractivity contribution is 0.160. The molecular weight excluding hydrogens is 256 g/mol. The number of ether oxygens (including phenoxy) is 1. The highest BCUT2D eigenvalue weighted by Gasteiger charge is 2.19. The van der Waals surface area contributed by atoms with Crippen molar-refractivity contribution in [2.45, 2.75) is 25.8 Å². The molecule has 0 radical (unpaired) electrons. The van der Waals surface area contributed by atoms with Crippen LogP contribution in [0, 0.1) is 5.92 Å². The fourth-order valence-corrected chi connectivity index (χ4v) is 2.67. The molecule has 0 aromatic carbocycles. The van der Waals surface area contributed by atoms with E-state index < -0.39 is 0 Å². The predicted octanol–water partition coefficient (Wildman–Crippen LogP) is 1.47. The van der Waals surface area contributed by atoms with Gasteiger partial charge in [0.2, 0.25) is 11.2 Å². The lowest BCUT2D eigenvalue weighted by Crippen LogP contribution is -2.34. The molecular formula is C15H24N2O3. The molecule has 0 bridgehead atoms. The summed E-state index contributed by atoms with van der Waals surface area (Å²) in [5.74, 6) is 1.80. The monoisotopic (exact) mass is 280 g/mol. The summed E-state index contributed by atoms with van der Waals surface area (Å²) < 4.78 is 10.4. The summed E-state index contributed by atoms with van der Waals surface area (Å²) in [6, 6.07) is 1.53. The number of hydrogen-bond donors (Lipinski definition) is 1. The summed E-state index contributed by atoms with van der Waals surface area (Å²) in [4.78, 5) is 14.0. The Bertz CT molecular complexity index is 464. The number of hydrogen-bond acceptors (Lipinski definition) is 5. The summed E-state index contributed by atoms with van der Waals surface area (Å²) in [6.45, 7) is 3.95. The molecule has 20 heavy (non-hydrogen) atoms. The minimum atomic E-state index is -0.113. The van der Waals surface area contributed by atoms with Gasteiger partial charge in [-0.1, -0.05) is 0 Å². The Kier molecular flexibility index (Phi) is 5.61. The largest absolute Gasteiger partial charge is 0.490 e. The van der Waals surface area contributed by atoms with Gasteiger partial charge in [-0.15, -0.1) is 0 Å². The number of nitrogens with zero attached hydrogens (tertiary/aromatic N) is 1. The van der Waals surface area contributed by atoms with Gasteiger partial charge in [-0.05, 0) is 51.9 Å². The van der Waals surface area contributed by atoms with Crippen molar-refractivity contribution >= 4 is 0 Å². The molecule has 2 heterocycles. The van der Waals surface area contributed by atoms with E-state index in [1.165, 1.54) is 38.7 Å². The van der Waals surface area contributed by atoms with Crippen LogP contribution in [-0.2, 0) is 6.54 Å². The molecule has 0 unspecified atom stereocenters. The van der Waals surface area contributed by atoms with E-state index in [4.69, 9.17) is 9.15 Å². The lowest BCUT2D eigenvalue weighted by atomic mass is 9.93. The maximum atomic E-state index is 11.7. The molecule has 112 valence electrons. The molecule has 1 fully saturated rings. The summed E-state index contributed by atoms with van der Waals surface area (Å²) in [7, 11) is 3.47. The van der Waals surface area contributed by atoms with Crippen LogP contribution in [-0.4, -0.2) is 38.7 Å². The molecule has 0 atom stereocenters. The van der Waals surface area contributed by atoms with Gasteiger partial charge in [0.25, 0.3) is 0 Å². The van der Waals surface area contributed by atoms with Crippen LogP contribution in [0.1, 0.15) is 25.0 Å². The van der Waals surface area contributed by atoms with Gasteiger partial charge in [-0.25, -0.2) is 0 Å². The van der Waals surface area contributed by atoms with E-state index in [9.17, 15) is 4.79 Å². The minimum Gasteiger partial charge on any atom is -0.490 e. The first-order valence-corrected chi connectivity index (χ1v) is 7.25. The van der Waals surface area contributed by atoms with E-state index in [0.717, 1.165) is 25.6 Å². The second-order valence-electron chi connectivity index (χ2n) is 5.39. The fourth-order valence-electron chi connectivity index (χ4n) is 2.67. The molecule has 1 saturated heterocycles. The van der Waals surface area contributed by atoms with Crippen molar-refractivity contribution in [1.29, 1.82) is 0 Å². The van der Waals surface area contributed by atoms with Crippen LogP contribution in [0.4, 0.5) is 0 Å². The Balaban J connectivity index is 1.83. The van der Waals surface area contributed by atoms with Crippen LogP contribution in [0.15, 0.2) is 21.5 Å². The summed E-state index contributed by atoms with van der Waals surface area (Å²) in [5.41, 5.74) is -0.113. The average Bonchev–Trinajstić information content (AvgIpc) is 2.47. The van der Waals surface area contributed by atoms with Crippen LogP contribution in [0.5, 0.6) is 5.75 Å². The number of likely N-dealkylation sites (tertiary alicyclic amines) is 1. The highest BCUT2D eigenvalue weighted by molar-refractivity contribution is 5.17. The third-order valence-electron chi connectivity index (χ3n) is 3.96. The Labute approximate surface area is 119 Å². The second-order valence-corrected chi connectivity index (χ2v) is 5.39. The van der Waals surface area contributed by atoms with Crippen molar-refractivity contribution in [3.05, 3.63) is 28.3 Å². The molecule has 0 aliphatic carbocycles. The number of nitrogens with one attached hydrogen (secondary N) is 1. The molecule has 1 aromatic rings. The van der Waals surface area contributed by atoms with Crippen LogP contribution >= 0.6 is 0 Å². The lowest BCUT2D eigenvalue weighted by Gasteiger charge is -2.31. The predicted molar refractivity (Wildman–Crippen MR) is 78.1 cm³/mol. The molecule has 0 saturated carbocycles. The quantitative estimate of drug-likeness (QED) is 0.855. The molecule has 1 aromatic heterocycles. The van der Waals surface area contributed by atoms with E-state index in [0.29, 0.717) is 12.3 Å². The Morgan fingerprint density at radius 2 is 2.20 bits per heavy atom. The third-order valence-corrected chi connectivity index (χ3v) is 3.96. The average molecular weight is 280 g/mol. The van der Waals surface area contributed by atoms with E-state index in [2.05, 4.69) is 10.2 Å². The second kappa shape index (κ2) is 7.45. The molecule has 0 spiro atoms. The topological polar surface area (TPSA) is 54.7 Å². The van der Waals surface area contributed by atoms with E-state index in [-0.39, 0.29) is 11.2 Å². The van der Waals surface area contributed by atoms with Crippen LogP contribution in [0.25, 0.3) is 0 Å². The van der Waals surface area contributed by atoms with Crippen molar-refractivity contribution in [3.63, 3.8) is 0 Å². The molecule has 1 N–H and O–H groups in total. The first-order chi connectivity index (χ1) is 9.72. The molecule has 5 heteroatoms. The van der Waals surface area contributed by atoms with Gasteiger partial charge < -0.3 is 14.5 Å². The van der Waals surface area contributed by atoms with Crippen LogP contribution < -0.4 is 15.5 Å². The highest BCUT2D eigenvalue weighted by atomic mass is 16.5. The maximum absolute atomic E-state index is 11.7. The fraction of sp³-hybridized carbons (Fsp3) is 0.667. The zero-order valence-electron chi connectivity index (χ0n) is 12.4. The molecule has 2 rings (SSSR count). The Morgan fingerprint density at radius 1 is 1.45 bits per heavy atom. The first kappa shape index (κ1) is 15.1. The Hall–Kier alpha value is -1.33. The van der Waals surface area contributed by atoms with Gasteiger partial charge in [0.1, 0.15) is 12.0 Å². The minimum absolute atomic E-state index is 0.113. The van der Waals surface area contributed by atoms with E-state index >= 15 is 0 Å². The number of methoxy groups -OCH3 is 1. The molecule has 5 nitrogen and oxygen atoms in total. The van der Waals surface area contributed by atoms with Crippen molar-refractivity contribution in [2.24, 2.45) is 5.92 Å². The van der Waals surface area contributed by atoms with E-state index in [1.807, 2.05) is 7.05 Å². The van der Waals surface area contributed by atoms with Crippen LogP contribution in [0.3, 0.4) is 0 Å². The Morgan fingerprint density at radius 3 is 2.80 bits per heavy atom. The SMILES string of the molecule is CNCCC1CCN(Cc2cc(=O)c(OC)co2)CC1. The third kappa shape index (κ3) is 4.08. The number of rotatable bonds is 6. The standard InChI is InChI=1S/C15H24N2O3/c1-16-6-3-12-4-7-17(8-5-12)10-13-9-14(18)15(19-2)11-20-13/h9,11-12,16H,3-8,10H2,1-2H3.